The number of sulfone groups is 1. The van der Waals surface area contributed by atoms with Crippen LogP contribution in [0.3, 0.4) is 0 Å². The van der Waals surface area contributed by atoms with Gasteiger partial charge in [-0.3, -0.25) is 4.79 Å². The lowest BCUT2D eigenvalue weighted by Crippen LogP contribution is -2.52. The van der Waals surface area contributed by atoms with E-state index in [1.165, 1.54) is 39.9 Å². The van der Waals surface area contributed by atoms with Crippen molar-refractivity contribution in [3.05, 3.63) is 53.5 Å². The molecule has 0 spiro atoms. The highest BCUT2D eigenvalue weighted by atomic mass is 32.2. The topological polar surface area (TPSA) is 96.7 Å². The monoisotopic (exact) mass is 611 g/mol. The average molecular weight is 612 g/mol. The van der Waals surface area contributed by atoms with Crippen LogP contribution in [0.1, 0.15) is 48.6 Å². The SMILES string of the molecule is Cc1cc2ncc3c(n2n1)C[C@@H](C(F)(F)F)CN3c1ccc([C@@H]2CC[C@H](C(=O)NC3CC(S(C)(=O)=O)C3)C2(F)F)cc1. The maximum absolute atomic E-state index is 15.5. The lowest BCUT2D eigenvalue weighted by Gasteiger charge is -2.36. The van der Waals surface area contributed by atoms with E-state index < -0.39 is 56.9 Å². The van der Waals surface area contributed by atoms with Crippen molar-refractivity contribution in [2.75, 3.05) is 17.7 Å². The number of hydrogen-bond donors (Lipinski definition) is 1. The number of benzene rings is 1. The molecule has 226 valence electrons. The average Bonchev–Trinajstić information content (AvgIpc) is 3.42. The van der Waals surface area contributed by atoms with Gasteiger partial charge < -0.3 is 10.2 Å². The summed E-state index contributed by atoms with van der Waals surface area (Å²) >= 11 is 0. The molecule has 1 aromatic carbocycles. The van der Waals surface area contributed by atoms with Gasteiger partial charge in [0.1, 0.15) is 15.8 Å². The first kappa shape index (κ1) is 28.8. The van der Waals surface area contributed by atoms with Gasteiger partial charge in [-0.05, 0) is 50.3 Å². The number of carbonyl (C=O) groups is 1. The van der Waals surface area contributed by atoms with Crippen LogP contribution in [-0.2, 0) is 21.1 Å². The van der Waals surface area contributed by atoms with E-state index in [-0.39, 0.29) is 38.6 Å². The molecule has 1 N–H and O–H groups in total. The standard InChI is InChI=1S/C28H30F5N5O3S/c1-15-9-25-34-13-24-23(38(25)36-15)10-17(28(31,32)33)14-37(24)19-5-3-16(4-6-19)21-7-8-22(27(21,29)30)26(39)35-18-11-20(12-18)42(2,40)41/h3-6,9,13,17-18,20-22H,7-8,10-12,14H2,1-2H3,(H,35,39)/t17-,18?,20?,21+,22-/m1/s1. The largest absolute Gasteiger partial charge is 0.393 e. The van der Waals surface area contributed by atoms with Crippen molar-refractivity contribution in [3.8, 4) is 0 Å². The summed E-state index contributed by atoms with van der Waals surface area (Å²) in [4.78, 5) is 18.6. The van der Waals surface area contributed by atoms with Crippen LogP contribution in [0.15, 0.2) is 36.5 Å². The Hall–Kier alpha value is -3.29. The lowest BCUT2D eigenvalue weighted by atomic mass is 9.89. The summed E-state index contributed by atoms with van der Waals surface area (Å²) in [5, 5.41) is 6.35. The highest BCUT2D eigenvalue weighted by Gasteiger charge is 2.56. The second kappa shape index (κ2) is 9.88. The van der Waals surface area contributed by atoms with Crippen molar-refractivity contribution in [1.82, 2.24) is 19.9 Å². The molecule has 14 heteroatoms. The minimum atomic E-state index is -4.46. The van der Waals surface area contributed by atoms with Crippen LogP contribution in [0, 0.1) is 18.8 Å². The Morgan fingerprint density at radius 1 is 1.12 bits per heavy atom. The molecule has 42 heavy (non-hydrogen) atoms. The molecule has 2 fully saturated rings. The molecule has 3 heterocycles. The maximum Gasteiger partial charge on any atom is 0.393 e. The summed E-state index contributed by atoms with van der Waals surface area (Å²) in [5.74, 6) is -8.59. The quantitative estimate of drug-likeness (QED) is 0.419. The Morgan fingerprint density at radius 2 is 1.81 bits per heavy atom. The number of anilines is 2. The van der Waals surface area contributed by atoms with E-state index >= 15 is 8.78 Å². The van der Waals surface area contributed by atoms with Crippen LogP contribution in [0.2, 0.25) is 0 Å². The van der Waals surface area contributed by atoms with Crippen LogP contribution in [-0.4, -0.2) is 65.1 Å². The first-order valence-corrected chi connectivity index (χ1v) is 15.7. The summed E-state index contributed by atoms with van der Waals surface area (Å²) < 4.78 is 97.5. The van der Waals surface area contributed by atoms with E-state index in [4.69, 9.17) is 0 Å². The molecule has 3 aromatic rings. The Morgan fingerprint density at radius 3 is 2.45 bits per heavy atom. The molecule has 3 atom stereocenters. The third-order valence-corrected chi connectivity index (χ3v) is 10.5. The second-order valence-electron chi connectivity index (χ2n) is 11.8. The molecule has 0 unspecified atom stereocenters. The van der Waals surface area contributed by atoms with Crippen LogP contribution < -0.4 is 10.2 Å². The number of rotatable bonds is 5. The van der Waals surface area contributed by atoms with Gasteiger partial charge in [0, 0.05) is 42.9 Å². The first-order chi connectivity index (χ1) is 19.6. The number of halogens is 5. The summed E-state index contributed by atoms with van der Waals surface area (Å²) in [6.07, 6.45) is -1.64. The summed E-state index contributed by atoms with van der Waals surface area (Å²) in [6.45, 7) is 1.38. The molecule has 6 rings (SSSR count). The minimum absolute atomic E-state index is 0.0365. The van der Waals surface area contributed by atoms with Gasteiger partial charge in [0.2, 0.25) is 5.91 Å². The number of amides is 1. The molecule has 2 aromatic heterocycles. The van der Waals surface area contributed by atoms with E-state index in [0.717, 1.165) is 6.26 Å². The smallest absolute Gasteiger partial charge is 0.353 e. The molecular weight excluding hydrogens is 581 g/mol. The summed E-state index contributed by atoms with van der Waals surface area (Å²) in [5.41, 5.74) is 2.60. The number of carbonyl (C=O) groups excluding carboxylic acids is 1. The second-order valence-corrected chi connectivity index (χ2v) is 14.1. The highest BCUT2D eigenvalue weighted by Crippen LogP contribution is 2.51. The first-order valence-electron chi connectivity index (χ1n) is 13.8. The predicted molar refractivity (Wildman–Crippen MR) is 145 cm³/mol. The Balaban J connectivity index is 1.21. The Kier molecular flexibility index (Phi) is 6.78. The van der Waals surface area contributed by atoms with Gasteiger partial charge in [0.05, 0.1) is 34.4 Å². The van der Waals surface area contributed by atoms with Crippen molar-refractivity contribution in [3.63, 3.8) is 0 Å². The van der Waals surface area contributed by atoms with E-state index in [2.05, 4.69) is 15.4 Å². The molecule has 0 bridgehead atoms. The zero-order chi connectivity index (χ0) is 30.2. The molecular formula is C28H30F5N5O3S. The van der Waals surface area contributed by atoms with Gasteiger partial charge in [-0.2, -0.15) is 18.3 Å². The van der Waals surface area contributed by atoms with Crippen LogP contribution in [0.5, 0.6) is 0 Å². The van der Waals surface area contributed by atoms with Gasteiger partial charge >= 0.3 is 6.18 Å². The Labute approximate surface area is 239 Å². The highest BCUT2D eigenvalue weighted by molar-refractivity contribution is 7.91. The maximum atomic E-state index is 15.5. The number of nitrogens with one attached hydrogen (secondary N) is 1. The summed E-state index contributed by atoms with van der Waals surface area (Å²) in [7, 11) is -3.24. The van der Waals surface area contributed by atoms with E-state index in [1.807, 2.05) is 0 Å². The van der Waals surface area contributed by atoms with Crippen molar-refractivity contribution < 1.29 is 35.2 Å². The van der Waals surface area contributed by atoms with Gasteiger partial charge in [0.15, 0.2) is 5.65 Å². The van der Waals surface area contributed by atoms with Gasteiger partial charge in [0.25, 0.3) is 5.92 Å². The number of hydrogen-bond acceptors (Lipinski definition) is 6. The molecule has 2 aliphatic carbocycles. The lowest BCUT2D eigenvalue weighted by molar-refractivity contribution is -0.172. The fourth-order valence-corrected chi connectivity index (χ4v) is 7.62. The third kappa shape index (κ3) is 5.01. The number of alkyl halides is 5. The molecule has 1 amide bonds. The third-order valence-electron chi connectivity index (χ3n) is 8.92. The number of fused-ring (bicyclic) bond motifs is 3. The molecule has 0 saturated heterocycles. The van der Waals surface area contributed by atoms with E-state index in [1.54, 1.807) is 13.0 Å². The van der Waals surface area contributed by atoms with Crippen LogP contribution >= 0.6 is 0 Å². The van der Waals surface area contributed by atoms with Gasteiger partial charge in [-0.25, -0.2) is 26.7 Å². The normalized spacial score (nSPS) is 27.5. The molecule has 1 aliphatic heterocycles. The van der Waals surface area contributed by atoms with Gasteiger partial charge in [-0.15, -0.1) is 0 Å². The fourth-order valence-electron chi connectivity index (χ4n) is 6.46. The number of aryl methyl sites for hydroxylation is 1. The number of aromatic nitrogens is 3. The predicted octanol–water partition coefficient (Wildman–Crippen LogP) is 4.73. The fraction of sp³-hybridized carbons (Fsp3) is 0.536. The van der Waals surface area contributed by atoms with Crippen molar-refractivity contribution >= 4 is 32.8 Å². The zero-order valence-corrected chi connectivity index (χ0v) is 23.7. The molecule has 0 radical (unpaired) electrons. The summed E-state index contributed by atoms with van der Waals surface area (Å²) in [6, 6.07) is 7.26. The number of nitrogens with zero attached hydrogens (tertiary/aromatic N) is 4. The van der Waals surface area contributed by atoms with E-state index in [9.17, 15) is 26.4 Å². The Bertz CT molecular complexity index is 1630. The zero-order valence-electron chi connectivity index (χ0n) is 22.9. The minimum Gasteiger partial charge on any atom is -0.353 e. The van der Waals surface area contributed by atoms with Crippen molar-refractivity contribution in [2.45, 2.75) is 68.3 Å². The molecule has 8 nitrogen and oxygen atoms in total. The van der Waals surface area contributed by atoms with Crippen LogP contribution in [0.4, 0.5) is 33.3 Å². The molecule has 3 aliphatic rings. The van der Waals surface area contributed by atoms with Crippen molar-refractivity contribution in [2.24, 2.45) is 11.8 Å². The molecule has 2 saturated carbocycles. The van der Waals surface area contributed by atoms with Crippen LogP contribution in [0.25, 0.3) is 5.65 Å². The van der Waals surface area contributed by atoms with Crippen molar-refractivity contribution in [1.29, 1.82) is 0 Å². The van der Waals surface area contributed by atoms with E-state index in [0.29, 0.717) is 34.0 Å². The van der Waals surface area contributed by atoms with Gasteiger partial charge in [-0.1, -0.05) is 12.1 Å².